The van der Waals surface area contributed by atoms with Crippen LogP contribution in [-0.2, 0) is 6.11 Å². The van der Waals surface area contributed by atoms with Crippen LogP contribution in [0.1, 0.15) is 76.0 Å². The van der Waals surface area contributed by atoms with E-state index in [0.29, 0.717) is 42.9 Å². The number of halogens is 8. The third-order valence-electron chi connectivity index (χ3n) is 8.15. The van der Waals surface area contributed by atoms with Crippen LogP contribution in [0.2, 0.25) is 0 Å². The number of rotatable bonds is 9. The van der Waals surface area contributed by atoms with Crippen molar-refractivity contribution < 1.29 is 44.6 Å². The van der Waals surface area contributed by atoms with Crippen LogP contribution < -0.4 is 9.47 Å². The maximum atomic E-state index is 15.0. The molecular formula is C31H33F8NO2. The molecule has 2 fully saturated rings. The van der Waals surface area contributed by atoms with Gasteiger partial charge < -0.3 is 9.47 Å². The molecule has 0 aliphatic heterocycles. The summed E-state index contributed by atoms with van der Waals surface area (Å²) in [7, 11) is 0. The number of aromatic nitrogens is 1. The van der Waals surface area contributed by atoms with Crippen LogP contribution in [0.15, 0.2) is 54.5 Å². The molecule has 0 atom stereocenters. The topological polar surface area (TPSA) is 31.4 Å². The van der Waals surface area contributed by atoms with Crippen molar-refractivity contribution >= 4 is 5.83 Å². The molecule has 2 aliphatic rings. The third kappa shape index (κ3) is 8.47. The Morgan fingerprint density at radius 1 is 0.857 bits per heavy atom. The zero-order valence-electron chi connectivity index (χ0n) is 23.1. The van der Waals surface area contributed by atoms with Crippen LogP contribution in [0.4, 0.5) is 35.1 Å². The highest BCUT2D eigenvalue weighted by Crippen LogP contribution is 2.40. The number of hydrogen-bond donors (Lipinski definition) is 0. The number of pyridine rings is 1. The maximum absolute atomic E-state index is 15.0. The molecule has 0 radical (unpaired) electrons. The van der Waals surface area contributed by atoms with Gasteiger partial charge in [-0.3, -0.25) is 4.98 Å². The first-order valence-electron chi connectivity index (χ1n) is 14.2. The van der Waals surface area contributed by atoms with Crippen molar-refractivity contribution in [2.75, 3.05) is 0 Å². The van der Waals surface area contributed by atoms with Crippen molar-refractivity contribution in [3.05, 3.63) is 71.6 Å². The zero-order chi connectivity index (χ0) is 30.5. The van der Waals surface area contributed by atoms with E-state index in [2.05, 4.69) is 33.5 Å². The van der Waals surface area contributed by atoms with Gasteiger partial charge in [-0.05, 0) is 93.4 Å². The standard InChI is InChI=1S/C31H33F8NO2/c1-2-19-3-5-20(6-4-19)7-8-21-9-11-22(12-10-21)28(33)29(34)23-13-16-27(40-18-23)30(35,36)41-24-14-15-26(25(32)17-24)42-31(37,38)39/h7-8,13-22H,2-6,9-12H2,1H3/b8-7+,29-28+. The second-order valence-electron chi connectivity index (χ2n) is 11.0. The Balaban J connectivity index is 1.33. The van der Waals surface area contributed by atoms with Gasteiger partial charge in [0.15, 0.2) is 23.1 Å². The van der Waals surface area contributed by atoms with Crippen LogP contribution in [0.3, 0.4) is 0 Å². The van der Waals surface area contributed by atoms with Crippen molar-refractivity contribution in [1.29, 1.82) is 0 Å². The first-order chi connectivity index (χ1) is 19.8. The fourth-order valence-corrected chi connectivity index (χ4v) is 5.63. The fraction of sp³-hybridized carbons (Fsp3) is 0.516. The van der Waals surface area contributed by atoms with Gasteiger partial charge in [-0.2, -0.15) is 8.78 Å². The summed E-state index contributed by atoms with van der Waals surface area (Å²) in [6.07, 6.45) is 4.48. The Morgan fingerprint density at radius 2 is 1.48 bits per heavy atom. The van der Waals surface area contributed by atoms with E-state index in [-0.39, 0.29) is 5.56 Å². The van der Waals surface area contributed by atoms with Gasteiger partial charge in [0, 0.05) is 23.7 Å². The average molecular weight is 604 g/mol. The minimum absolute atomic E-state index is 0.295. The van der Waals surface area contributed by atoms with E-state index in [4.69, 9.17) is 0 Å². The molecule has 4 rings (SSSR count). The molecule has 0 bridgehead atoms. The van der Waals surface area contributed by atoms with Gasteiger partial charge in [0.2, 0.25) is 0 Å². The van der Waals surface area contributed by atoms with E-state index < -0.39 is 53.1 Å². The lowest BCUT2D eigenvalue weighted by atomic mass is 9.78. The van der Waals surface area contributed by atoms with E-state index in [1.54, 1.807) is 0 Å². The predicted molar refractivity (Wildman–Crippen MR) is 141 cm³/mol. The highest BCUT2D eigenvalue weighted by molar-refractivity contribution is 5.60. The first-order valence-corrected chi connectivity index (χ1v) is 14.2. The minimum Gasteiger partial charge on any atom is -0.428 e. The van der Waals surface area contributed by atoms with Crippen molar-refractivity contribution in [1.82, 2.24) is 4.98 Å². The Hall–Kier alpha value is -3.11. The Labute approximate surface area is 239 Å². The third-order valence-corrected chi connectivity index (χ3v) is 8.15. The summed E-state index contributed by atoms with van der Waals surface area (Å²) in [5, 5.41) is 0. The van der Waals surface area contributed by atoms with Crippen molar-refractivity contribution in [2.24, 2.45) is 23.7 Å². The highest BCUT2D eigenvalue weighted by atomic mass is 19.4. The molecule has 1 aromatic heterocycles. The number of hydrogen-bond acceptors (Lipinski definition) is 3. The summed E-state index contributed by atoms with van der Waals surface area (Å²) in [6, 6.07) is 3.09. The molecule has 0 unspecified atom stereocenters. The predicted octanol–water partition coefficient (Wildman–Crippen LogP) is 10.4. The Bertz CT molecular complexity index is 1240. The molecule has 2 aromatic rings. The van der Waals surface area contributed by atoms with E-state index in [1.807, 2.05) is 0 Å². The molecule has 0 saturated heterocycles. The lowest BCUT2D eigenvalue weighted by Crippen LogP contribution is -2.23. The van der Waals surface area contributed by atoms with Crippen LogP contribution in [0.25, 0.3) is 5.83 Å². The van der Waals surface area contributed by atoms with Gasteiger partial charge >= 0.3 is 12.5 Å². The number of benzene rings is 1. The molecule has 0 spiro atoms. The molecule has 0 amide bonds. The van der Waals surface area contributed by atoms with E-state index in [0.717, 1.165) is 37.1 Å². The van der Waals surface area contributed by atoms with Crippen LogP contribution in [-0.4, -0.2) is 11.3 Å². The van der Waals surface area contributed by atoms with Crippen molar-refractivity contribution in [3.8, 4) is 11.5 Å². The fourth-order valence-electron chi connectivity index (χ4n) is 5.63. The summed E-state index contributed by atoms with van der Waals surface area (Å²) in [5.74, 6) is -4.59. The summed E-state index contributed by atoms with van der Waals surface area (Å²) in [6.45, 7) is 2.23. The van der Waals surface area contributed by atoms with Gasteiger partial charge in [-0.15, -0.1) is 13.2 Å². The summed E-state index contributed by atoms with van der Waals surface area (Å²) >= 11 is 0. The molecule has 11 heteroatoms. The molecule has 2 saturated carbocycles. The lowest BCUT2D eigenvalue weighted by Gasteiger charge is -2.28. The largest absolute Gasteiger partial charge is 0.573 e. The number of ether oxygens (including phenoxy) is 2. The quantitative estimate of drug-likeness (QED) is 0.211. The Kier molecular flexibility index (Phi) is 10.2. The number of allylic oxidation sites excluding steroid dienone is 3. The van der Waals surface area contributed by atoms with Gasteiger partial charge in [0.25, 0.3) is 0 Å². The zero-order valence-corrected chi connectivity index (χ0v) is 23.1. The maximum Gasteiger partial charge on any atom is 0.573 e. The molecule has 0 N–H and O–H groups in total. The lowest BCUT2D eigenvalue weighted by molar-refractivity contribution is -0.275. The molecule has 1 heterocycles. The summed E-state index contributed by atoms with van der Waals surface area (Å²) in [5.41, 5.74) is -1.32. The van der Waals surface area contributed by atoms with Gasteiger partial charge in [-0.25, -0.2) is 13.2 Å². The molecule has 230 valence electrons. The van der Waals surface area contributed by atoms with Crippen molar-refractivity contribution in [3.63, 3.8) is 0 Å². The number of alkyl halides is 5. The molecule has 1 aromatic carbocycles. The molecule has 3 nitrogen and oxygen atoms in total. The molecule has 42 heavy (non-hydrogen) atoms. The Morgan fingerprint density at radius 3 is 2.00 bits per heavy atom. The summed E-state index contributed by atoms with van der Waals surface area (Å²) in [4.78, 5) is 3.48. The molecular weight excluding hydrogens is 570 g/mol. The minimum atomic E-state index is -5.17. The van der Waals surface area contributed by atoms with Crippen LogP contribution in [0, 0.1) is 29.5 Å². The van der Waals surface area contributed by atoms with E-state index >= 15 is 4.39 Å². The monoisotopic (exact) mass is 603 g/mol. The van der Waals surface area contributed by atoms with E-state index in [9.17, 15) is 30.7 Å². The van der Waals surface area contributed by atoms with E-state index in [1.165, 1.54) is 32.1 Å². The van der Waals surface area contributed by atoms with Gasteiger partial charge in [0.1, 0.15) is 11.6 Å². The van der Waals surface area contributed by atoms with Gasteiger partial charge in [-0.1, -0.05) is 25.5 Å². The van der Waals surface area contributed by atoms with Gasteiger partial charge in [0.05, 0.1) is 0 Å². The normalized spacial score (nSPS) is 24.4. The second kappa shape index (κ2) is 13.5. The van der Waals surface area contributed by atoms with Crippen LogP contribution in [0.5, 0.6) is 11.5 Å². The second-order valence-corrected chi connectivity index (χ2v) is 11.0. The SMILES string of the molecule is CCC1CCC(/C=C/C2CCC(/C(F)=C(\F)c3ccc(C(F)(F)Oc4ccc(OC(F)(F)F)c(F)c4)nc3)CC2)CC1. The number of nitrogens with zero attached hydrogens (tertiary/aromatic N) is 1. The summed E-state index contributed by atoms with van der Waals surface area (Å²) < 4.78 is 118. The highest BCUT2D eigenvalue weighted by Gasteiger charge is 2.38. The van der Waals surface area contributed by atoms with Crippen LogP contribution >= 0.6 is 0 Å². The first kappa shape index (κ1) is 31.8. The van der Waals surface area contributed by atoms with Crippen molar-refractivity contribution in [2.45, 2.75) is 77.2 Å². The smallest absolute Gasteiger partial charge is 0.428 e. The average Bonchev–Trinajstić information content (AvgIpc) is 2.96. The molecule has 2 aliphatic carbocycles.